The molecule has 0 saturated heterocycles. The van der Waals surface area contributed by atoms with Crippen molar-refractivity contribution in [3.63, 3.8) is 0 Å². The summed E-state index contributed by atoms with van der Waals surface area (Å²) in [6, 6.07) is 0.494. The summed E-state index contributed by atoms with van der Waals surface area (Å²) < 4.78 is 0. The van der Waals surface area contributed by atoms with Gasteiger partial charge in [-0.05, 0) is 26.2 Å². The van der Waals surface area contributed by atoms with Gasteiger partial charge < -0.3 is 10.3 Å². The van der Waals surface area contributed by atoms with Crippen LogP contribution in [0.25, 0.3) is 0 Å². The molecule has 0 aliphatic carbocycles. The molecular weight excluding hydrogens is 238 g/mol. The lowest BCUT2D eigenvalue weighted by atomic mass is 10.1. The zero-order chi connectivity index (χ0) is 14.4. The molecule has 0 atom stereocenters. The van der Waals surface area contributed by atoms with E-state index in [9.17, 15) is 0 Å². The lowest BCUT2D eigenvalue weighted by Gasteiger charge is -2.29. The van der Waals surface area contributed by atoms with Crippen LogP contribution in [0.1, 0.15) is 51.4 Å². The van der Waals surface area contributed by atoms with Crippen LogP contribution in [0.5, 0.6) is 0 Å². The second-order valence-electron chi connectivity index (χ2n) is 4.91. The third-order valence-corrected chi connectivity index (χ3v) is 3.60. The van der Waals surface area contributed by atoms with Crippen molar-refractivity contribution in [2.75, 3.05) is 17.4 Å². The van der Waals surface area contributed by atoms with Crippen molar-refractivity contribution in [2.24, 2.45) is 5.84 Å². The van der Waals surface area contributed by atoms with E-state index in [-0.39, 0.29) is 0 Å². The summed E-state index contributed by atoms with van der Waals surface area (Å²) in [5.74, 6) is 8.14. The Balaban J connectivity index is 3.20. The number of aromatic nitrogens is 2. The van der Waals surface area contributed by atoms with Crippen LogP contribution in [0.15, 0.2) is 0 Å². The molecule has 19 heavy (non-hydrogen) atoms. The minimum absolute atomic E-state index is 0.494. The van der Waals surface area contributed by atoms with E-state index in [1.54, 1.807) is 0 Å². The van der Waals surface area contributed by atoms with Gasteiger partial charge in [0.25, 0.3) is 0 Å². The molecule has 1 heterocycles. The topological polar surface area (TPSA) is 67.1 Å². The summed E-state index contributed by atoms with van der Waals surface area (Å²) in [7, 11) is 2.10. The summed E-state index contributed by atoms with van der Waals surface area (Å²) >= 11 is 0. The lowest BCUT2D eigenvalue weighted by molar-refractivity contribution is 0.583. The number of hydrogen-bond donors (Lipinski definition) is 2. The number of aryl methyl sites for hydroxylation is 1. The van der Waals surface area contributed by atoms with Crippen LogP contribution in [0.2, 0.25) is 0 Å². The molecule has 1 rings (SSSR count). The van der Waals surface area contributed by atoms with Gasteiger partial charge in [0.05, 0.1) is 0 Å². The zero-order valence-electron chi connectivity index (χ0n) is 12.8. The summed E-state index contributed by atoms with van der Waals surface area (Å²) in [4.78, 5) is 11.4. The molecule has 0 aliphatic rings. The molecule has 0 unspecified atom stereocenters. The standard InChI is InChI=1S/C14H27N5/c1-6-9-12-16-13(18-15)10(4)14(17-12)19(5)11(7-2)8-3/h11H,6-9,15H2,1-5H3,(H,16,17,18). The number of nitrogens with zero attached hydrogens (tertiary/aromatic N) is 3. The molecule has 0 fully saturated rings. The monoisotopic (exact) mass is 265 g/mol. The Labute approximate surface area is 116 Å². The SMILES string of the molecule is CCCc1nc(NN)c(C)c(N(C)C(CC)CC)n1. The van der Waals surface area contributed by atoms with Crippen LogP contribution in [0.4, 0.5) is 11.6 Å². The quantitative estimate of drug-likeness (QED) is 0.586. The Morgan fingerprint density at radius 1 is 1.21 bits per heavy atom. The van der Waals surface area contributed by atoms with Gasteiger partial charge in [-0.1, -0.05) is 20.8 Å². The first-order valence-corrected chi connectivity index (χ1v) is 7.15. The van der Waals surface area contributed by atoms with E-state index in [0.717, 1.165) is 48.7 Å². The predicted molar refractivity (Wildman–Crippen MR) is 81.3 cm³/mol. The third kappa shape index (κ3) is 3.56. The second-order valence-corrected chi connectivity index (χ2v) is 4.91. The summed E-state index contributed by atoms with van der Waals surface area (Å²) in [5.41, 5.74) is 3.70. The van der Waals surface area contributed by atoms with Crippen LogP contribution < -0.4 is 16.2 Å². The van der Waals surface area contributed by atoms with Crippen molar-refractivity contribution in [1.29, 1.82) is 0 Å². The minimum atomic E-state index is 0.494. The lowest BCUT2D eigenvalue weighted by Crippen LogP contribution is -2.32. The maximum atomic E-state index is 5.57. The second kappa shape index (κ2) is 7.28. The molecule has 108 valence electrons. The van der Waals surface area contributed by atoms with Crippen LogP contribution >= 0.6 is 0 Å². The molecule has 0 aliphatic heterocycles. The molecule has 5 heteroatoms. The minimum Gasteiger partial charge on any atom is -0.356 e. The van der Waals surface area contributed by atoms with Gasteiger partial charge >= 0.3 is 0 Å². The Kier molecular flexibility index (Phi) is 6.02. The molecule has 1 aromatic heterocycles. The molecule has 0 bridgehead atoms. The first-order chi connectivity index (χ1) is 9.08. The molecule has 5 nitrogen and oxygen atoms in total. The first-order valence-electron chi connectivity index (χ1n) is 7.15. The van der Waals surface area contributed by atoms with Gasteiger partial charge in [0.2, 0.25) is 0 Å². The van der Waals surface area contributed by atoms with Crippen LogP contribution in [-0.4, -0.2) is 23.1 Å². The molecule has 1 aromatic rings. The molecule has 3 N–H and O–H groups in total. The van der Waals surface area contributed by atoms with Crippen molar-refractivity contribution in [3.05, 3.63) is 11.4 Å². The molecule has 0 aromatic carbocycles. The van der Waals surface area contributed by atoms with Gasteiger partial charge in [0.1, 0.15) is 17.5 Å². The number of hydrazine groups is 1. The summed E-state index contributed by atoms with van der Waals surface area (Å²) in [6.07, 6.45) is 4.11. The van der Waals surface area contributed by atoms with Gasteiger partial charge in [-0.2, -0.15) is 0 Å². The number of anilines is 2. The summed E-state index contributed by atoms with van der Waals surface area (Å²) in [5, 5.41) is 0. The Bertz CT molecular complexity index is 401. The van der Waals surface area contributed by atoms with Gasteiger partial charge in [0, 0.05) is 25.1 Å². The molecule has 0 radical (unpaired) electrons. The molecular formula is C14H27N5. The van der Waals surface area contributed by atoms with E-state index in [1.165, 1.54) is 0 Å². The molecule has 0 spiro atoms. The smallest absolute Gasteiger partial charge is 0.148 e. The van der Waals surface area contributed by atoms with Crippen molar-refractivity contribution >= 4 is 11.6 Å². The Hall–Kier alpha value is -1.36. The van der Waals surface area contributed by atoms with Crippen molar-refractivity contribution in [1.82, 2.24) is 9.97 Å². The van der Waals surface area contributed by atoms with Crippen molar-refractivity contribution in [2.45, 2.75) is 59.4 Å². The number of hydrogen-bond acceptors (Lipinski definition) is 5. The zero-order valence-corrected chi connectivity index (χ0v) is 12.8. The highest BCUT2D eigenvalue weighted by Gasteiger charge is 2.18. The van der Waals surface area contributed by atoms with E-state index in [0.29, 0.717) is 6.04 Å². The highest BCUT2D eigenvalue weighted by Crippen LogP contribution is 2.25. The van der Waals surface area contributed by atoms with Crippen molar-refractivity contribution in [3.8, 4) is 0 Å². The van der Waals surface area contributed by atoms with Gasteiger partial charge in [-0.25, -0.2) is 15.8 Å². The number of nitrogen functional groups attached to an aromatic ring is 1. The fraction of sp³-hybridized carbons (Fsp3) is 0.714. The largest absolute Gasteiger partial charge is 0.356 e. The molecule has 0 saturated carbocycles. The van der Waals surface area contributed by atoms with E-state index in [4.69, 9.17) is 10.8 Å². The van der Waals surface area contributed by atoms with E-state index < -0.39 is 0 Å². The first kappa shape index (κ1) is 15.7. The fourth-order valence-electron chi connectivity index (χ4n) is 2.38. The van der Waals surface area contributed by atoms with E-state index in [1.807, 2.05) is 6.92 Å². The van der Waals surface area contributed by atoms with Crippen molar-refractivity contribution < 1.29 is 0 Å². The predicted octanol–water partition coefficient (Wildman–Crippen LogP) is 2.65. The highest BCUT2D eigenvalue weighted by molar-refractivity contribution is 5.58. The Morgan fingerprint density at radius 3 is 2.32 bits per heavy atom. The molecule has 0 amide bonds. The van der Waals surface area contributed by atoms with Crippen LogP contribution in [0.3, 0.4) is 0 Å². The number of rotatable bonds is 7. The van der Waals surface area contributed by atoms with Gasteiger partial charge in [0.15, 0.2) is 0 Å². The van der Waals surface area contributed by atoms with Gasteiger partial charge in [-0.3, -0.25) is 0 Å². The normalized spacial score (nSPS) is 10.9. The number of nitrogens with two attached hydrogens (primary N) is 1. The third-order valence-electron chi connectivity index (χ3n) is 3.60. The average Bonchev–Trinajstić information content (AvgIpc) is 2.42. The van der Waals surface area contributed by atoms with Gasteiger partial charge in [-0.15, -0.1) is 0 Å². The van der Waals surface area contributed by atoms with E-state index in [2.05, 4.69) is 43.1 Å². The Morgan fingerprint density at radius 2 is 1.84 bits per heavy atom. The fourth-order valence-corrected chi connectivity index (χ4v) is 2.38. The average molecular weight is 265 g/mol. The maximum absolute atomic E-state index is 5.57. The number of nitrogens with one attached hydrogen (secondary N) is 1. The maximum Gasteiger partial charge on any atom is 0.148 e. The highest BCUT2D eigenvalue weighted by atomic mass is 15.3. The van der Waals surface area contributed by atoms with Crippen LogP contribution in [-0.2, 0) is 6.42 Å². The summed E-state index contributed by atoms with van der Waals surface area (Å²) in [6.45, 7) is 8.55. The van der Waals surface area contributed by atoms with Crippen LogP contribution in [0, 0.1) is 6.92 Å². The van der Waals surface area contributed by atoms with E-state index >= 15 is 0 Å².